The molecule has 4 nitrogen and oxygen atoms in total. The summed E-state index contributed by atoms with van der Waals surface area (Å²) in [6, 6.07) is 10.5. The summed E-state index contributed by atoms with van der Waals surface area (Å²) in [5.74, 6) is 2.00. The van der Waals surface area contributed by atoms with Crippen molar-refractivity contribution in [3.63, 3.8) is 0 Å². The van der Waals surface area contributed by atoms with Crippen LogP contribution in [-0.2, 0) is 27.2 Å². The highest BCUT2D eigenvalue weighted by Gasteiger charge is 2.23. The first-order valence-corrected chi connectivity index (χ1v) is 14.6. The normalized spacial score (nSPS) is 11.8. The van der Waals surface area contributed by atoms with E-state index in [2.05, 4.69) is 23.5 Å². The van der Waals surface area contributed by atoms with E-state index >= 15 is 0 Å². The van der Waals surface area contributed by atoms with E-state index in [1.165, 1.54) is 0 Å². The third kappa shape index (κ3) is 10.5. The summed E-state index contributed by atoms with van der Waals surface area (Å²) in [7, 11) is 0. The molecule has 1 atom stereocenters. The Morgan fingerprint density at radius 1 is 1.00 bits per heavy atom. The maximum absolute atomic E-state index is 12.8. The highest BCUT2D eigenvalue weighted by molar-refractivity contribution is 8.00. The van der Waals surface area contributed by atoms with Crippen LogP contribution in [0.5, 0.6) is 0 Å². The maximum atomic E-state index is 12.8. The molecule has 2 aromatic rings. The van der Waals surface area contributed by atoms with Gasteiger partial charge in [-0.2, -0.15) is 0 Å². The summed E-state index contributed by atoms with van der Waals surface area (Å²) in [4.78, 5) is 27.5. The predicted octanol–water partition coefficient (Wildman–Crippen LogP) is 6.88. The number of aryl methyl sites for hydroxylation is 1. The molecule has 0 saturated heterocycles. The number of carbonyl (C=O) groups is 2. The Hall–Kier alpha value is -0.760. The van der Waals surface area contributed by atoms with Gasteiger partial charge in [0, 0.05) is 55.9 Å². The average molecular weight is 583 g/mol. The van der Waals surface area contributed by atoms with Crippen molar-refractivity contribution >= 4 is 81.8 Å². The number of alkyl halides is 2. The SMILES string of the molecule is CCOC(=O)[C@H](Cc1ccc(Cl)cc1Cl)NC(=O)CCc1cc(SCCCl)cc(SCCCl)c1. The molecule has 0 fully saturated rings. The van der Waals surface area contributed by atoms with Crippen LogP contribution in [0.1, 0.15) is 24.5 Å². The largest absolute Gasteiger partial charge is 0.464 e. The summed E-state index contributed by atoms with van der Waals surface area (Å²) in [5, 5.41) is 3.74. The molecule has 0 aromatic heterocycles. The van der Waals surface area contributed by atoms with E-state index in [1.807, 2.05) is 0 Å². The second-order valence-electron chi connectivity index (χ2n) is 7.20. The van der Waals surface area contributed by atoms with Crippen LogP contribution in [-0.4, -0.2) is 47.8 Å². The standard InChI is InChI=1S/C24H27Cl4NO3S2/c1-2-32-24(31)22(13-17-4-5-18(27)14-21(17)28)29-23(30)6-3-16-11-19(33-9-7-25)15-20(12-16)34-10-8-26/h4-5,11-12,14-15,22H,2-3,6-10,13H2,1H3,(H,29,30)/t22-/m0/s1. The molecule has 10 heteroatoms. The van der Waals surface area contributed by atoms with E-state index in [1.54, 1.807) is 48.6 Å². The number of rotatable bonds is 14. The van der Waals surface area contributed by atoms with Gasteiger partial charge in [-0.1, -0.05) is 29.3 Å². The molecule has 2 rings (SSSR count). The van der Waals surface area contributed by atoms with Crippen LogP contribution in [0.2, 0.25) is 10.0 Å². The van der Waals surface area contributed by atoms with E-state index < -0.39 is 12.0 Å². The fourth-order valence-corrected chi connectivity index (χ4v) is 5.66. The molecule has 0 aliphatic rings. The summed E-state index contributed by atoms with van der Waals surface area (Å²) >= 11 is 27.3. The van der Waals surface area contributed by atoms with E-state index in [9.17, 15) is 9.59 Å². The van der Waals surface area contributed by atoms with Gasteiger partial charge in [0.15, 0.2) is 0 Å². The third-order valence-electron chi connectivity index (χ3n) is 4.62. The van der Waals surface area contributed by atoms with Crippen molar-refractivity contribution in [1.29, 1.82) is 0 Å². The summed E-state index contributed by atoms with van der Waals surface area (Å²) < 4.78 is 5.16. The highest BCUT2D eigenvalue weighted by Crippen LogP contribution is 2.28. The summed E-state index contributed by atoms with van der Waals surface area (Å²) in [5.41, 5.74) is 1.75. The Morgan fingerprint density at radius 2 is 1.65 bits per heavy atom. The first-order chi connectivity index (χ1) is 16.4. The first-order valence-electron chi connectivity index (χ1n) is 10.8. The number of hydrogen-bond donors (Lipinski definition) is 1. The van der Waals surface area contributed by atoms with Crippen molar-refractivity contribution in [2.24, 2.45) is 0 Å². The molecule has 34 heavy (non-hydrogen) atoms. The van der Waals surface area contributed by atoms with Gasteiger partial charge in [0.25, 0.3) is 0 Å². The number of ether oxygens (including phenoxy) is 1. The van der Waals surface area contributed by atoms with E-state index in [0.29, 0.717) is 33.8 Å². The van der Waals surface area contributed by atoms with Crippen LogP contribution in [0.15, 0.2) is 46.2 Å². The van der Waals surface area contributed by atoms with Crippen LogP contribution in [0.25, 0.3) is 0 Å². The number of nitrogens with one attached hydrogen (secondary N) is 1. The van der Waals surface area contributed by atoms with Crippen LogP contribution >= 0.6 is 69.9 Å². The number of esters is 1. The van der Waals surface area contributed by atoms with Crippen molar-refractivity contribution in [2.45, 2.75) is 42.0 Å². The quantitative estimate of drug-likeness (QED) is 0.149. The topological polar surface area (TPSA) is 55.4 Å². The molecular weight excluding hydrogens is 556 g/mol. The van der Waals surface area contributed by atoms with Gasteiger partial charge in [-0.15, -0.1) is 46.7 Å². The molecule has 186 valence electrons. The van der Waals surface area contributed by atoms with E-state index in [4.69, 9.17) is 51.1 Å². The maximum Gasteiger partial charge on any atom is 0.328 e. The van der Waals surface area contributed by atoms with E-state index in [0.717, 1.165) is 26.9 Å². The molecule has 0 heterocycles. The van der Waals surface area contributed by atoms with Gasteiger partial charge in [-0.25, -0.2) is 4.79 Å². The fraction of sp³-hybridized carbons (Fsp3) is 0.417. The van der Waals surface area contributed by atoms with Crippen molar-refractivity contribution in [1.82, 2.24) is 5.32 Å². The molecular formula is C24H27Cl4NO3S2. The van der Waals surface area contributed by atoms with Gasteiger partial charge in [0.2, 0.25) is 5.91 Å². The third-order valence-corrected chi connectivity index (χ3v) is 7.99. The lowest BCUT2D eigenvalue weighted by Gasteiger charge is -2.18. The zero-order chi connectivity index (χ0) is 24.9. The Balaban J connectivity index is 2.07. The smallest absolute Gasteiger partial charge is 0.328 e. The van der Waals surface area contributed by atoms with Crippen LogP contribution < -0.4 is 5.32 Å². The molecule has 0 aliphatic carbocycles. The zero-order valence-electron chi connectivity index (χ0n) is 18.8. The minimum atomic E-state index is -0.841. The number of halogens is 4. The molecule has 0 unspecified atom stereocenters. The van der Waals surface area contributed by atoms with Crippen molar-refractivity contribution in [2.75, 3.05) is 29.9 Å². The molecule has 0 aliphatic heterocycles. The van der Waals surface area contributed by atoms with Gasteiger partial charge in [0.1, 0.15) is 6.04 Å². The van der Waals surface area contributed by atoms with Crippen molar-refractivity contribution in [3.8, 4) is 0 Å². The molecule has 0 saturated carbocycles. The minimum absolute atomic E-state index is 0.213. The van der Waals surface area contributed by atoms with Crippen molar-refractivity contribution < 1.29 is 14.3 Å². The lowest BCUT2D eigenvalue weighted by Crippen LogP contribution is -2.43. The second-order valence-corrected chi connectivity index (χ2v) is 11.1. The fourth-order valence-electron chi connectivity index (χ4n) is 3.12. The van der Waals surface area contributed by atoms with Gasteiger partial charge < -0.3 is 10.1 Å². The number of carbonyl (C=O) groups excluding carboxylic acids is 2. The molecule has 1 N–H and O–H groups in total. The van der Waals surface area contributed by atoms with Gasteiger partial charge >= 0.3 is 5.97 Å². The number of amides is 1. The molecule has 1 amide bonds. The van der Waals surface area contributed by atoms with Crippen LogP contribution in [0.3, 0.4) is 0 Å². The second kappa shape index (κ2) is 16.1. The summed E-state index contributed by atoms with van der Waals surface area (Å²) in [6.45, 7) is 1.94. The number of thioether (sulfide) groups is 2. The lowest BCUT2D eigenvalue weighted by molar-refractivity contribution is -0.147. The van der Waals surface area contributed by atoms with Gasteiger partial charge in [0.05, 0.1) is 6.61 Å². The zero-order valence-corrected chi connectivity index (χ0v) is 23.4. The van der Waals surface area contributed by atoms with Gasteiger partial charge in [-0.05, 0) is 54.8 Å². The molecule has 0 radical (unpaired) electrons. The monoisotopic (exact) mass is 581 g/mol. The van der Waals surface area contributed by atoms with Gasteiger partial charge in [-0.3, -0.25) is 4.79 Å². The number of benzene rings is 2. The van der Waals surface area contributed by atoms with Crippen molar-refractivity contribution in [3.05, 3.63) is 57.6 Å². The van der Waals surface area contributed by atoms with Crippen LogP contribution in [0.4, 0.5) is 0 Å². The highest BCUT2D eigenvalue weighted by atomic mass is 35.5. The summed E-state index contributed by atoms with van der Waals surface area (Å²) in [6.07, 6.45) is 0.977. The number of hydrogen-bond acceptors (Lipinski definition) is 5. The Kier molecular flexibility index (Phi) is 13.9. The average Bonchev–Trinajstić information content (AvgIpc) is 2.81. The Bertz CT molecular complexity index is 936. The molecule has 0 bridgehead atoms. The Labute approximate surface area is 229 Å². The van der Waals surface area contributed by atoms with Crippen LogP contribution in [0, 0.1) is 0 Å². The minimum Gasteiger partial charge on any atom is -0.464 e. The van der Waals surface area contributed by atoms with E-state index in [-0.39, 0.29) is 25.4 Å². The molecule has 0 spiro atoms. The lowest BCUT2D eigenvalue weighted by atomic mass is 10.0. The first kappa shape index (κ1) is 29.5. The predicted molar refractivity (Wildman–Crippen MR) is 146 cm³/mol. The Morgan fingerprint density at radius 3 is 2.21 bits per heavy atom. The molecule has 2 aromatic carbocycles.